The van der Waals surface area contributed by atoms with Crippen LogP contribution in [0.2, 0.25) is 0 Å². The molecule has 0 radical (unpaired) electrons. The molecule has 2 aliphatic rings. The van der Waals surface area contributed by atoms with Crippen LogP contribution in [0, 0.1) is 11.7 Å². The maximum Gasteiger partial charge on any atom is 0.416 e. The fourth-order valence-electron chi connectivity index (χ4n) is 5.35. The molecule has 6 atom stereocenters. The van der Waals surface area contributed by atoms with Crippen molar-refractivity contribution < 1.29 is 45.4 Å². The smallest absolute Gasteiger partial charge is 0.393 e. The number of hydrogen-bond donors (Lipinski definition) is 1. The summed E-state index contributed by atoms with van der Waals surface area (Å²) < 4.78 is 99.9. The van der Waals surface area contributed by atoms with E-state index < -0.39 is 59.6 Å². The van der Waals surface area contributed by atoms with Crippen molar-refractivity contribution in [2.24, 2.45) is 5.92 Å². The van der Waals surface area contributed by atoms with Crippen LogP contribution in [-0.4, -0.2) is 40.7 Å². The fourth-order valence-corrected chi connectivity index (χ4v) is 5.35. The Morgan fingerprint density at radius 3 is 2.05 bits per heavy atom. The van der Waals surface area contributed by atoms with Gasteiger partial charge in [0.1, 0.15) is 5.82 Å². The van der Waals surface area contributed by atoms with Crippen molar-refractivity contribution in [1.82, 2.24) is 4.90 Å². The van der Waals surface area contributed by atoms with Gasteiger partial charge in [0.2, 0.25) is 5.91 Å². The first kappa shape index (κ1) is 27.4. The van der Waals surface area contributed by atoms with E-state index in [1.807, 2.05) is 0 Å². The first-order chi connectivity index (χ1) is 17.1. The lowest BCUT2D eigenvalue weighted by atomic mass is 9.80. The maximum absolute atomic E-state index is 13.6. The molecule has 0 spiro atoms. The van der Waals surface area contributed by atoms with E-state index in [9.17, 15) is 40.6 Å². The fraction of sp³-hybridized carbons (Fsp3) is 0.500. The van der Waals surface area contributed by atoms with Gasteiger partial charge in [0.25, 0.3) is 0 Å². The monoisotopic (exact) mass is 533 g/mol. The van der Waals surface area contributed by atoms with E-state index in [2.05, 4.69) is 0 Å². The van der Waals surface area contributed by atoms with Crippen LogP contribution in [0.25, 0.3) is 0 Å². The topological polar surface area (TPSA) is 49.8 Å². The molecule has 0 bridgehead atoms. The van der Waals surface area contributed by atoms with E-state index in [1.54, 1.807) is 11.8 Å². The van der Waals surface area contributed by atoms with Crippen LogP contribution in [0.1, 0.15) is 61.0 Å². The molecule has 0 aliphatic carbocycles. The molecular formula is C26H26F7NO3. The number of carbonyl (C=O) groups is 1. The largest absolute Gasteiger partial charge is 0.416 e. The highest BCUT2D eigenvalue weighted by molar-refractivity contribution is 5.78. The minimum absolute atomic E-state index is 0.0578. The second-order valence-electron chi connectivity index (χ2n) is 9.79. The predicted octanol–water partition coefficient (Wildman–Crippen LogP) is 6.09. The molecule has 2 aliphatic heterocycles. The van der Waals surface area contributed by atoms with Crippen LogP contribution >= 0.6 is 0 Å². The molecule has 0 aromatic heterocycles. The quantitative estimate of drug-likeness (QED) is 0.473. The highest BCUT2D eigenvalue weighted by Crippen LogP contribution is 2.45. The average molecular weight is 533 g/mol. The van der Waals surface area contributed by atoms with E-state index in [4.69, 9.17) is 4.74 Å². The number of piperidine rings is 1. The number of halogens is 7. The maximum atomic E-state index is 13.6. The Hall–Kier alpha value is -2.66. The molecular weight excluding hydrogens is 507 g/mol. The van der Waals surface area contributed by atoms with Crippen LogP contribution in [0.15, 0.2) is 42.5 Å². The second-order valence-corrected chi connectivity index (χ2v) is 9.79. The number of carbonyl (C=O) groups excluding carboxylic acids is 1. The van der Waals surface area contributed by atoms with E-state index in [0.717, 1.165) is 0 Å². The Bertz CT molecular complexity index is 1100. The first-order valence-electron chi connectivity index (χ1n) is 11.8. The van der Waals surface area contributed by atoms with E-state index in [1.165, 1.54) is 31.2 Å². The van der Waals surface area contributed by atoms with Gasteiger partial charge in [0.15, 0.2) is 0 Å². The molecule has 202 valence electrons. The lowest BCUT2D eigenvalue weighted by molar-refractivity contribution is -0.143. The zero-order valence-corrected chi connectivity index (χ0v) is 20.0. The number of rotatable bonds is 5. The predicted molar refractivity (Wildman–Crippen MR) is 119 cm³/mol. The molecule has 2 aromatic carbocycles. The van der Waals surface area contributed by atoms with Gasteiger partial charge in [-0.25, -0.2) is 4.39 Å². The Labute approximate surface area is 209 Å². The number of nitrogens with zero attached hydrogens (tertiary/aromatic N) is 1. The summed E-state index contributed by atoms with van der Waals surface area (Å²) in [5.74, 6) is -1.58. The lowest BCUT2D eigenvalue weighted by Gasteiger charge is -2.38. The number of alkyl halides is 6. The molecule has 2 heterocycles. The molecule has 37 heavy (non-hydrogen) atoms. The van der Waals surface area contributed by atoms with Gasteiger partial charge in [-0.3, -0.25) is 4.79 Å². The Balaban J connectivity index is 1.69. The van der Waals surface area contributed by atoms with Crippen LogP contribution in [-0.2, 0) is 21.9 Å². The number of amides is 1. The van der Waals surface area contributed by atoms with Crippen LogP contribution in [0.5, 0.6) is 0 Å². The van der Waals surface area contributed by atoms with Crippen LogP contribution in [0.3, 0.4) is 0 Å². The summed E-state index contributed by atoms with van der Waals surface area (Å²) in [7, 11) is 0. The third kappa shape index (κ3) is 5.77. The zero-order chi connectivity index (χ0) is 27.3. The second kappa shape index (κ2) is 9.90. The third-order valence-corrected chi connectivity index (χ3v) is 7.29. The zero-order valence-electron chi connectivity index (χ0n) is 20.0. The van der Waals surface area contributed by atoms with Crippen molar-refractivity contribution >= 4 is 5.91 Å². The van der Waals surface area contributed by atoms with E-state index in [-0.39, 0.29) is 36.4 Å². The third-order valence-electron chi connectivity index (χ3n) is 7.29. The van der Waals surface area contributed by atoms with Crippen molar-refractivity contribution in [3.05, 3.63) is 70.5 Å². The van der Waals surface area contributed by atoms with Gasteiger partial charge in [-0.1, -0.05) is 12.1 Å². The summed E-state index contributed by atoms with van der Waals surface area (Å²) in [4.78, 5) is 14.5. The van der Waals surface area contributed by atoms with E-state index >= 15 is 0 Å². The molecule has 2 fully saturated rings. The highest BCUT2D eigenvalue weighted by atomic mass is 19.4. The average Bonchev–Trinajstić information content (AvgIpc) is 3.16. The van der Waals surface area contributed by atoms with Gasteiger partial charge in [-0.15, -0.1) is 0 Å². The number of benzene rings is 2. The summed E-state index contributed by atoms with van der Waals surface area (Å²) in [6, 6.07) is 6.39. The number of aliphatic hydroxyl groups excluding tert-OH is 1. The standard InChI is InChI=1S/C26H26F7NO3/c1-13(35)16-9-21-24(15-3-5-20(27)6-4-15)22(12-34(21)23(36)10-16)37-14(2)17-7-18(25(28,29)30)11-19(8-17)26(31,32)33/h3-8,11,13-14,16,21-22,24,35H,9-10,12H2,1-2H3/t13?,14-,16?,21?,22+,24?/m1/s1. The number of ether oxygens (including phenoxy) is 1. The summed E-state index contributed by atoms with van der Waals surface area (Å²) in [5.41, 5.74) is -2.58. The van der Waals surface area contributed by atoms with Gasteiger partial charge < -0.3 is 14.7 Å². The van der Waals surface area contributed by atoms with Gasteiger partial charge >= 0.3 is 12.4 Å². The van der Waals surface area contributed by atoms with Crippen molar-refractivity contribution in [2.75, 3.05) is 6.54 Å². The molecule has 1 N–H and O–H groups in total. The Kier molecular flexibility index (Phi) is 7.33. The SMILES string of the molecule is CC(O)C1CC(=O)N2C[C@H](O[C@H](C)c3cc(C(F)(F)F)cc(C(F)(F)F)c3)C(c3ccc(F)cc3)C2C1. The summed E-state index contributed by atoms with van der Waals surface area (Å²) in [6.07, 6.45) is -12.2. The summed E-state index contributed by atoms with van der Waals surface area (Å²) >= 11 is 0. The molecule has 4 unspecified atom stereocenters. The molecule has 2 aromatic rings. The molecule has 0 saturated carbocycles. The van der Waals surface area contributed by atoms with Crippen molar-refractivity contribution in [2.45, 2.75) is 69.3 Å². The lowest BCUT2D eigenvalue weighted by Crippen LogP contribution is -2.46. The van der Waals surface area contributed by atoms with Gasteiger partial charge in [0.05, 0.1) is 29.4 Å². The first-order valence-corrected chi connectivity index (χ1v) is 11.8. The molecule has 4 rings (SSSR count). The molecule has 11 heteroatoms. The molecule has 2 saturated heterocycles. The normalized spacial score (nSPS) is 26.2. The van der Waals surface area contributed by atoms with Crippen LogP contribution in [0.4, 0.5) is 30.7 Å². The van der Waals surface area contributed by atoms with Crippen molar-refractivity contribution in [1.29, 1.82) is 0 Å². The number of fused-ring (bicyclic) bond motifs is 1. The van der Waals surface area contributed by atoms with Gasteiger partial charge in [-0.05, 0) is 67.6 Å². The van der Waals surface area contributed by atoms with Crippen LogP contribution < -0.4 is 0 Å². The minimum Gasteiger partial charge on any atom is -0.393 e. The minimum atomic E-state index is -5.00. The van der Waals surface area contributed by atoms with Crippen molar-refractivity contribution in [3.8, 4) is 0 Å². The molecule has 4 nitrogen and oxygen atoms in total. The molecule has 1 amide bonds. The Morgan fingerprint density at radius 2 is 1.54 bits per heavy atom. The summed E-state index contributed by atoms with van der Waals surface area (Å²) in [6.45, 7) is 3.00. The number of hydrogen-bond acceptors (Lipinski definition) is 3. The highest BCUT2D eigenvalue weighted by Gasteiger charge is 2.50. The van der Waals surface area contributed by atoms with E-state index in [0.29, 0.717) is 24.1 Å². The van der Waals surface area contributed by atoms with Crippen molar-refractivity contribution in [3.63, 3.8) is 0 Å². The Morgan fingerprint density at radius 1 is 0.973 bits per heavy atom. The number of aliphatic hydroxyl groups is 1. The summed E-state index contributed by atoms with van der Waals surface area (Å²) in [5, 5.41) is 10.1. The van der Waals surface area contributed by atoms with Gasteiger partial charge in [-0.2, -0.15) is 26.3 Å². The van der Waals surface area contributed by atoms with Gasteiger partial charge in [0, 0.05) is 24.9 Å².